The lowest BCUT2D eigenvalue weighted by Gasteiger charge is -2.11. The number of carbonyl (C=O) groups excluding carboxylic acids is 2. The normalized spacial score (nSPS) is 12.2. The van der Waals surface area contributed by atoms with Gasteiger partial charge in [-0.3, -0.25) is 9.59 Å². The van der Waals surface area contributed by atoms with Crippen LogP contribution in [0.5, 0.6) is 0 Å². The summed E-state index contributed by atoms with van der Waals surface area (Å²) in [6.45, 7) is 1.55. The summed E-state index contributed by atoms with van der Waals surface area (Å²) < 4.78 is 1.90. The molecule has 8 heteroatoms. The van der Waals surface area contributed by atoms with Crippen LogP contribution >= 0.6 is 11.3 Å². The van der Waals surface area contributed by atoms with Crippen LogP contribution in [0.2, 0.25) is 0 Å². The number of nitrogens with two attached hydrogens (primary N) is 2. The maximum atomic E-state index is 12.4. The molecule has 5 N–H and O–H groups in total. The van der Waals surface area contributed by atoms with Gasteiger partial charge in [0.15, 0.2) is 0 Å². The fourth-order valence-corrected chi connectivity index (χ4v) is 4.06. The Labute approximate surface area is 164 Å². The number of anilines is 1. The molecule has 0 fully saturated rings. The SMILES string of the molecule is C[C@@H](NC(=O)c1cccc(-c2ccc3c(c2)sc2c(N)ncnc23)c1)C(N)=O. The van der Waals surface area contributed by atoms with Crippen LogP contribution in [0.1, 0.15) is 17.3 Å². The summed E-state index contributed by atoms with van der Waals surface area (Å²) in [5, 5.41) is 3.60. The Balaban J connectivity index is 1.72. The molecule has 0 bridgehead atoms. The average molecular weight is 391 g/mol. The first-order valence-corrected chi connectivity index (χ1v) is 9.39. The monoisotopic (exact) mass is 391 g/mol. The van der Waals surface area contributed by atoms with Gasteiger partial charge in [-0.25, -0.2) is 9.97 Å². The number of amides is 2. The Morgan fingerprint density at radius 3 is 2.68 bits per heavy atom. The number of nitrogen functional groups attached to an aromatic ring is 1. The Morgan fingerprint density at radius 1 is 1.11 bits per heavy atom. The van der Waals surface area contributed by atoms with Crippen LogP contribution in [-0.2, 0) is 4.79 Å². The summed E-state index contributed by atoms with van der Waals surface area (Å²) in [7, 11) is 0. The van der Waals surface area contributed by atoms with Crippen LogP contribution in [0.3, 0.4) is 0 Å². The van der Waals surface area contributed by atoms with E-state index in [-0.39, 0.29) is 5.91 Å². The minimum atomic E-state index is -0.738. The van der Waals surface area contributed by atoms with Crippen molar-refractivity contribution < 1.29 is 9.59 Å². The predicted molar refractivity (Wildman–Crippen MR) is 111 cm³/mol. The van der Waals surface area contributed by atoms with Crippen molar-refractivity contribution >= 4 is 49.3 Å². The van der Waals surface area contributed by atoms with E-state index in [4.69, 9.17) is 11.5 Å². The van der Waals surface area contributed by atoms with Gasteiger partial charge >= 0.3 is 0 Å². The van der Waals surface area contributed by atoms with Crippen LogP contribution in [0.4, 0.5) is 5.82 Å². The Bertz CT molecular complexity index is 1230. The number of thiophene rings is 1. The van der Waals surface area contributed by atoms with Gasteiger partial charge in [-0.15, -0.1) is 11.3 Å². The summed E-state index contributed by atoms with van der Waals surface area (Å²) in [5.74, 6) is -0.462. The van der Waals surface area contributed by atoms with Gasteiger partial charge in [0.05, 0.1) is 10.2 Å². The van der Waals surface area contributed by atoms with Crippen molar-refractivity contribution in [2.75, 3.05) is 5.73 Å². The molecule has 0 aliphatic heterocycles. The van der Waals surface area contributed by atoms with Gasteiger partial charge in [-0.05, 0) is 36.2 Å². The first kappa shape index (κ1) is 17.9. The number of hydrogen-bond donors (Lipinski definition) is 3. The minimum Gasteiger partial charge on any atom is -0.382 e. The van der Waals surface area contributed by atoms with Gasteiger partial charge in [0.1, 0.15) is 18.2 Å². The molecule has 0 saturated heterocycles. The molecule has 28 heavy (non-hydrogen) atoms. The van der Waals surface area contributed by atoms with E-state index in [0.717, 1.165) is 31.4 Å². The maximum Gasteiger partial charge on any atom is 0.251 e. The van der Waals surface area contributed by atoms with Crippen LogP contribution in [0.25, 0.3) is 31.4 Å². The zero-order valence-electron chi connectivity index (χ0n) is 15.0. The zero-order chi connectivity index (χ0) is 19.8. The van der Waals surface area contributed by atoms with Gasteiger partial charge in [-0.2, -0.15) is 0 Å². The molecular formula is C20H17N5O2S. The molecule has 0 saturated carbocycles. The van der Waals surface area contributed by atoms with E-state index in [1.165, 1.54) is 17.7 Å². The Hall–Kier alpha value is -3.52. The second-order valence-electron chi connectivity index (χ2n) is 6.43. The van der Waals surface area contributed by atoms with E-state index in [1.54, 1.807) is 25.1 Å². The van der Waals surface area contributed by atoms with E-state index < -0.39 is 11.9 Å². The number of rotatable bonds is 4. The van der Waals surface area contributed by atoms with Crippen LogP contribution < -0.4 is 16.8 Å². The molecule has 0 aliphatic rings. The van der Waals surface area contributed by atoms with Gasteiger partial charge in [0, 0.05) is 15.6 Å². The van der Waals surface area contributed by atoms with E-state index in [1.807, 2.05) is 24.3 Å². The molecule has 140 valence electrons. The molecule has 2 heterocycles. The molecule has 4 rings (SSSR count). The van der Waals surface area contributed by atoms with Crippen LogP contribution in [0, 0.1) is 0 Å². The lowest BCUT2D eigenvalue weighted by atomic mass is 10.0. The highest BCUT2D eigenvalue weighted by Gasteiger charge is 2.15. The number of nitrogens with zero attached hydrogens (tertiary/aromatic N) is 2. The predicted octanol–water partition coefficient (Wildman–Crippen LogP) is 2.70. The standard InChI is InChI=1S/C20H17N5O2S/c1-10(19(22)26)25-20(27)13-4-2-3-11(7-13)12-5-6-14-15(8-12)28-17-16(14)23-9-24-18(17)21/h2-10H,1H3,(H2,22,26)(H,25,27)(H2,21,23,24)/t10-/m1/s1. The maximum absolute atomic E-state index is 12.4. The molecule has 1 atom stereocenters. The number of fused-ring (bicyclic) bond motifs is 3. The number of carbonyl (C=O) groups is 2. The third-order valence-electron chi connectivity index (χ3n) is 4.51. The van der Waals surface area contributed by atoms with Crippen molar-refractivity contribution in [1.82, 2.24) is 15.3 Å². The second kappa shape index (κ2) is 6.90. The van der Waals surface area contributed by atoms with E-state index in [2.05, 4.69) is 15.3 Å². The highest BCUT2D eigenvalue weighted by Crippen LogP contribution is 2.37. The third kappa shape index (κ3) is 3.14. The highest BCUT2D eigenvalue weighted by atomic mass is 32.1. The van der Waals surface area contributed by atoms with Gasteiger partial charge in [0.2, 0.25) is 5.91 Å². The number of aromatic nitrogens is 2. The van der Waals surface area contributed by atoms with Gasteiger partial charge < -0.3 is 16.8 Å². The molecule has 0 unspecified atom stereocenters. The first-order chi connectivity index (χ1) is 13.4. The highest BCUT2D eigenvalue weighted by molar-refractivity contribution is 7.26. The molecule has 0 aliphatic carbocycles. The summed E-state index contributed by atoms with van der Waals surface area (Å²) in [6.07, 6.45) is 1.47. The molecule has 4 aromatic rings. The first-order valence-electron chi connectivity index (χ1n) is 8.57. The van der Waals surface area contributed by atoms with Crippen LogP contribution in [-0.4, -0.2) is 27.8 Å². The van der Waals surface area contributed by atoms with Gasteiger partial charge in [-0.1, -0.05) is 24.3 Å². The molecule has 7 nitrogen and oxygen atoms in total. The fraction of sp³-hybridized carbons (Fsp3) is 0.100. The van der Waals surface area contributed by atoms with Crippen molar-refractivity contribution in [2.24, 2.45) is 5.73 Å². The lowest BCUT2D eigenvalue weighted by molar-refractivity contribution is -0.119. The number of primary amides is 1. The zero-order valence-corrected chi connectivity index (χ0v) is 15.8. The Morgan fingerprint density at radius 2 is 1.89 bits per heavy atom. The number of nitrogens with one attached hydrogen (secondary N) is 1. The quantitative estimate of drug-likeness (QED) is 0.493. The average Bonchev–Trinajstić information content (AvgIpc) is 3.07. The molecule has 2 aromatic carbocycles. The van der Waals surface area contributed by atoms with Crippen molar-refractivity contribution in [2.45, 2.75) is 13.0 Å². The largest absolute Gasteiger partial charge is 0.382 e. The fourth-order valence-electron chi connectivity index (χ4n) is 2.96. The second-order valence-corrected chi connectivity index (χ2v) is 7.48. The van der Waals surface area contributed by atoms with Gasteiger partial charge in [0.25, 0.3) is 5.91 Å². The van der Waals surface area contributed by atoms with Crippen molar-refractivity contribution in [1.29, 1.82) is 0 Å². The molecule has 0 spiro atoms. The Kier molecular flexibility index (Phi) is 4.40. The number of hydrogen-bond acceptors (Lipinski definition) is 6. The summed E-state index contributed by atoms with van der Waals surface area (Å²) in [4.78, 5) is 31.9. The summed E-state index contributed by atoms with van der Waals surface area (Å²) in [6, 6.07) is 12.5. The molecule has 0 radical (unpaired) electrons. The summed E-state index contributed by atoms with van der Waals surface area (Å²) in [5.41, 5.74) is 14.3. The summed E-state index contributed by atoms with van der Waals surface area (Å²) >= 11 is 1.54. The topological polar surface area (TPSA) is 124 Å². The van der Waals surface area contributed by atoms with Crippen molar-refractivity contribution in [3.8, 4) is 11.1 Å². The van der Waals surface area contributed by atoms with Crippen molar-refractivity contribution in [3.05, 3.63) is 54.4 Å². The smallest absolute Gasteiger partial charge is 0.251 e. The molecule has 2 aromatic heterocycles. The lowest BCUT2D eigenvalue weighted by Crippen LogP contribution is -2.42. The van der Waals surface area contributed by atoms with E-state index in [0.29, 0.717) is 11.4 Å². The molecule has 2 amide bonds. The number of benzene rings is 2. The minimum absolute atomic E-state index is 0.348. The van der Waals surface area contributed by atoms with Crippen molar-refractivity contribution in [3.63, 3.8) is 0 Å². The third-order valence-corrected chi connectivity index (χ3v) is 5.68. The van der Waals surface area contributed by atoms with E-state index in [9.17, 15) is 9.59 Å². The van der Waals surface area contributed by atoms with Crippen LogP contribution in [0.15, 0.2) is 48.8 Å². The molecular weight excluding hydrogens is 374 g/mol. The van der Waals surface area contributed by atoms with E-state index >= 15 is 0 Å².